The minimum atomic E-state index is 0.292. The number of nitrogens with zero attached hydrogens (tertiary/aromatic N) is 2. The monoisotopic (exact) mass is 263 g/mol. The van der Waals surface area contributed by atoms with Crippen molar-refractivity contribution in [3.05, 3.63) is 17.0 Å². The van der Waals surface area contributed by atoms with Crippen molar-refractivity contribution in [1.29, 1.82) is 0 Å². The van der Waals surface area contributed by atoms with Crippen molar-refractivity contribution < 1.29 is 0 Å². The lowest BCUT2D eigenvalue weighted by Crippen LogP contribution is -2.56. The molecule has 2 unspecified atom stereocenters. The lowest BCUT2D eigenvalue weighted by atomic mass is 9.52. The van der Waals surface area contributed by atoms with Crippen LogP contribution in [-0.4, -0.2) is 15.8 Å². The zero-order valence-corrected chi connectivity index (χ0v) is 13.3. The van der Waals surface area contributed by atoms with Gasteiger partial charge in [-0.15, -0.1) is 0 Å². The molecule has 1 aromatic rings. The van der Waals surface area contributed by atoms with Crippen LogP contribution in [-0.2, 0) is 0 Å². The molecule has 2 atom stereocenters. The van der Waals surface area contributed by atoms with E-state index in [1.165, 1.54) is 29.8 Å². The summed E-state index contributed by atoms with van der Waals surface area (Å²) in [5.74, 6) is 0.602. The molecule has 0 radical (unpaired) electrons. The van der Waals surface area contributed by atoms with Gasteiger partial charge in [-0.25, -0.2) is 0 Å². The average Bonchev–Trinajstić information content (AvgIpc) is 2.64. The summed E-state index contributed by atoms with van der Waals surface area (Å²) in [5.41, 5.74) is 10.7. The van der Waals surface area contributed by atoms with Gasteiger partial charge in [0, 0.05) is 17.8 Å². The fraction of sp³-hybridized carbons (Fsp3) is 0.812. The van der Waals surface area contributed by atoms with Crippen LogP contribution in [0.5, 0.6) is 0 Å². The summed E-state index contributed by atoms with van der Waals surface area (Å²) in [4.78, 5) is 0. The van der Waals surface area contributed by atoms with Gasteiger partial charge in [0.15, 0.2) is 0 Å². The first-order valence-electron chi connectivity index (χ1n) is 7.70. The Balaban J connectivity index is 2.43. The molecule has 0 bridgehead atoms. The second-order valence-electron chi connectivity index (χ2n) is 6.46. The number of rotatable bonds is 4. The van der Waals surface area contributed by atoms with Crippen LogP contribution in [0.15, 0.2) is 0 Å². The molecular weight excluding hydrogens is 234 g/mol. The Morgan fingerprint density at radius 2 is 1.89 bits per heavy atom. The van der Waals surface area contributed by atoms with Gasteiger partial charge in [-0.2, -0.15) is 5.10 Å². The molecule has 108 valence electrons. The van der Waals surface area contributed by atoms with Crippen LogP contribution in [0.3, 0.4) is 0 Å². The van der Waals surface area contributed by atoms with Crippen molar-refractivity contribution in [2.45, 2.75) is 78.8 Å². The Morgan fingerprint density at radius 1 is 1.32 bits per heavy atom. The second-order valence-corrected chi connectivity index (χ2v) is 6.46. The molecule has 19 heavy (non-hydrogen) atoms. The summed E-state index contributed by atoms with van der Waals surface area (Å²) < 4.78 is 2.17. The summed E-state index contributed by atoms with van der Waals surface area (Å²) in [6.07, 6.45) is 3.45. The first kappa shape index (κ1) is 14.6. The highest BCUT2D eigenvalue weighted by atomic mass is 15.3. The quantitative estimate of drug-likeness (QED) is 0.900. The summed E-state index contributed by atoms with van der Waals surface area (Å²) >= 11 is 0. The van der Waals surface area contributed by atoms with Crippen LogP contribution in [0.1, 0.15) is 75.9 Å². The van der Waals surface area contributed by atoms with E-state index in [4.69, 9.17) is 10.8 Å². The third-order valence-electron chi connectivity index (χ3n) is 5.46. The Kier molecular flexibility index (Phi) is 3.78. The van der Waals surface area contributed by atoms with Gasteiger partial charge in [0.2, 0.25) is 0 Å². The lowest BCUT2D eigenvalue weighted by Gasteiger charge is -2.55. The smallest absolute Gasteiger partial charge is 0.0631 e. The first-order chi connectivity index (χ1) is 8.89. The Morgan fingerprint density at radius 3 is 2.26 bits per heavy atom. The summed E-state index contributed by atoms with van der Waals surface area (Å²) in [5, 5.41) is 4.75. The van der Waals surface area contributed by atoms with E-state index >= 15 is 0 Å². The molecule has 0 aromatic carbocycles. The maximum Gasteiger partial charge on any atom is 0.0631 e. The Hall–Kier alpha value is -0.830. The van der Waals surface area contributed by atoms with Crippen LogP contribution in [0.4, 0.5) is 0 Å². The van der Waals surface area contributed by atoms with Gasteiger partial charge >= 0.3 is 0 Å². The van der Waals surface area contributed by atoms with E-state index < -0.39 is 0 Å². The fourth-order valence-electron chi connectivity index (χ4n) is 4.18. The standard InChI is InChI=1S/C16H29N3/c1-7-16(8-2)13(9-14(16)17)15-11(5)18-19(10(3)4)12(15)6/h10,13-14H,7-9,17H2,1-6H3. The molecule has 0 spiro atoms. The Bertz CT molecular complexity index is 455. The SMILES string of the molecule is CCC1(CC)C(N)CC1c1c(C)nn(C(C)C)c1C. The average molecular weight is 263 g/mol. The fourth-order valence-corrected chi connectivity index (χ4v) is 4.18. The molecule has 3 nitrogen and oxygen atoms in total. The molecule has 2 N–H and O–H groups in total. The maximum atomic E-state index is 6.35. The van der Waals surface area contributed by atoms with Crippen LogP contribution >= 0.6 is 0 Å². The highest BCUT2D eigenvalue weighted by molar-refractivity contribution is 5.35. The molecule has 1 fully saturated rings. The van der Waals surface area contributed by atoms with Gasteiger partial charge in [0.25, 0.3) is 0 Å². The van der Waals surface area contributed by atoms with Crippen molar-refractivity contribution >= 4 is 0 Å². The molecule has 1 heterocycles. The summed E-state index contributed by atoms with van der Waals surface area (Å²) in [6, 6.07) is 0.785. The van der Waals surface area contributed by atoms with Crippen molar-refractivity contribution in [3.8, 4) is 0 Å². The molecule has 2 rings (SSSR count). The predicted molar refractivity (Wildman–Crippen MR) is 80.4 cm³/mol. The molecule has 1 aliphatic rings. The minimum Gasteiger partial charge on any atom is -0.327 e. The number of aromatic nitrogens is 2. The van der Waals surface area contributed by atoms with E-state index in [2.05, 4.69) is 46.2 Å². The van der Waals surface area contributed by atoms with Gasteiger partial charge in [0.05, 0.1) is 5.69 Å². The van der Waals surface area contributed by atoms with Gasteiger partial charge in [-0.3, -0.25) is 4.68 Å². The summed E-state index contributed by atoms with van der Waals surface area (Å²) in [7, 11) is 0. The van der Waals surface area contributed by atoms with Crippen molar-refractivity contribution in [2.75, 3.05) is 0 Å². The molecule has 3 heteroatoms. The highest BCUT2D eigenvalue weighted by Gasteiger charge is 2.52. The molecular formula is C16H29N3. The maximum absolute atomic E-state index is 6.35. The van der Waals surface area contributed by atoms with Gasteiger partial charge in [0.1, 0.15) is 0 Å². The number of hydrogen-bond acceptors (Lipinski definition) is 2. The van der Waals surface area contributed by atoms with E-state index in [0.29, 0.717) is 23.4 Å². The zero-order chi connectivity index (χ0) is 14.4. The van der Waals surface area contributed by atoms with Crippen molar-refractivity contribution in [2.24, 2.45) is 11.1 Å². The number of hydrogen-bond donors (Lipinski definition) is 1. The Labute approximate surface area is 117 Å². The van der Waals surface area contributed by atoms with Crippen LogP contribution in [0, 0.1) is 19.3 Å². The van der Waals surface area contributed by atoms with Gasteiger partial charge in [-0.1, -0.05) is 13.8 Å². The van der Waals surface area contributed by atoms with E-state index in [1.54, 1.807) is 0 Å². The van der Waals surface area contributed by atoms with Crippen LogP contribution < -0.4 is 5.73 Å². The van der Waals surface area contributed by atoms with E-state index in [-0.39, 0.29) is 0 Å². The zero-order valence-electron chi connectivity index (χ0n) is 13.3. The topological polar surface area (TPSA) is 43.8 Å². The summed E-state index contributed by atoms with van der Waals surface area (Å²) in [6.45, 7) is 13.3. The molecule has 1 aliphatic carbocycles. The van der Waals surface area contributed by atoms with E-state index in [0.717, 1.165) is 6.42 Å². The molecule has 0 amide bonds. The largest absolute Gasteiger partial charge is 0.327 e. The molecule has 0 saturated heterocycles. The highest BCUT2D eigenvalue weighted by Crippen LogP contribution is 2.57. The minimum absolute atomic E-state index is 0.292. The number of nitrogens with two attached hydrogens (primary N) is 1. The van der Waals surface area contributed by atoms with Crippen LogP contribution in [0.2, 0.25) is 0 Å². The lowest BCUT2D eigenvalue weighted by molar-refractivity contribution is 0.0430. The van der Waals surface area contributed by atoms with Gasteiger partial charge in [-0.05, 0) is 63.9 Å². The molecule has 1 saturated carbocycles. The van der Waals surface area contributed by atoms with Crippen LogP contribution in [0.25, 0.3) is 0 Å². The number of aryl methyl sites for hydroxylation is 1. The second kappa shape index (κ2) is 4.93. The molecule has 1 aromatic heterocycles. The van der Waals surface area contributed by atoms with Crippen molar-refractivity contribution in [3.63, 3.8) is 0 Å². The van der Waals surface area contributed by atoms with Gasteiger partial charge < -0.3 is 5.73 Å². The normalized spacial score (nSPS) is 25.7. The third-order valence-corrected chi connectivity index (χ3v) is 5.46. The third kappa shape index (κ3) is 1.94. The predicted octanol–water partition coefficient (Wildman–Crippen LogP) is 3.70. The van der Waals surface area contributed by atoms with E-state index in [1.807, 2.05) is 0 Å². The van der Waals surface area contributed by atoms with Crippen molar-refractivity contribution in [1.82, 2.24) is 9.78 Å². The first-order valence-corrected chi connectivity index (χ1v) is 7.70. The van der Waals surface area contributed by atoms with E-state index in [9.17, 15) is 0 Å². The molecule has 0 aliphatic heterocycles.